The van der Waals surface area contributed by atoms with Crippen molar-refractivity contribution in [1.82, 2.24) is 15.0 Å². The quantitative estimate of drug-likeness (QED) is 0.170. The molecule has 0 radical (unpaired) electrons. The van der Waals surface area contributed by atoms with Gasteiger partial charge in [-0.25, -0.2) is 15.0 Å². The highest BCUT2D eigenvalue weighted by molar-refractivity contribution is 6.19. The molecule has 0 saturated heterocycles. The number of fused-ring (bicyclic) bond motifs is 11. The number of rotatable bonds is 4. The Morgan fingerprint density at radius 2 is 0.786 bits per heavy atom. The van der Waals surface area contributed by atoms with Crippen molar-refractivity contribution in [3.05, 3.63) is 176 Å². The molecule has 0 atom stereocenters. The Labute approximate surface area is 320 Å². The smallest absolute Gasteiger partial charge is 0.164 e. The van der Waals surface area contributed by atoms with Gasteiger partial charge in [-0.3, -0.25) is 0 Å². The number of hydrogen-bond donors (Lipinski definition) is 0. The highest BCUT2D eigenvalue weighted by Gasteiger charge is 2.19. The van der Waals surface area contributed by atoms with Crippen LogP contribution < -0.4 is 0 Å². The molecule has 260 valence electrons. The molecule has 56 heavy (non-hydrogen) atoms. The van der Waals surface area contributed by atoms with Crippen molar-refractivity contribution in [2.24, 2.45) is 0 Å². The first-order valence-corrected chi connectivity index (χ1v) is 18.8. The van der Waals surface area contributed by atoms with Gasteiger partial charge in [-0.15, -0.1) is 0 Å². The van der Waals surface area contributed by atoms with Crippen LogP contribution in [-0.2, 0) is 0 Å². The van der Waals surface area contributed by atoms with Crippen molar-refractivity contribution in [1.29, 1.82) is 0 Å². The second-order valence-corrected chi connectivity index (χ2v) is 14.4. The summed E-state index contributed by atoms with van der Waals surface area (Å²) in [7, 11) is 0. The average Bonchev–Trinajstić information content (AvgIpc) is 3.85. The number of nitrogens with zero attached hydrogens (tertiary/aromatic N) is 3. The maximum absolute atomic E-state index is 6.28. The predicted octanol–water partition coefficient (Wildman–Crippen LogP) is 13.8. The lowest BCUT2D eigenvalue weighted by molar-refractivity contribution is 0.668. The van der Waals surface area contributed by atoms with E-state index in [2.05, 4.69) is 133 Å². The molecular formula is C51H29N3O2. The van der Waals surface area contributed by atoms with E-state index >= 15 is 0 Å². The summed E-state index contributed by atoms with van der Waals surface area (Å²) < 4.78 is 12.5. The molecule has 12 rings (SSSR count). The zero-order valence-corrected chi connectivity index (χ0v) is 29.9. The summed E-state index contributed by atoms with van der Waals surface area (Å²) in [6.07, 6.45) is 0. The van der Waals surface area contributed by atoms with E-state index in [1.807, 2.05) is 42.5 Å². The topological polar surface area (TPSA) is 65.0 Å². The lowest BCUT2D eigenvalue weighted by Gasteiger charge is -2.11. The summed E-state index contributed by atoms with van der Waals surface area (Å²) in [5.74, 6) is 1.80. The second kappa shape index (κ2) is 11.9. The molecule has 3 heterocycles. The van der Waals surface area contributed by atoms with Gasteiger partial charge in [0.25, 0.3) is 0 Å². The molecule has 3 aromatic heterocycles. The van der Waals surface area contributed by atoms with Gasteiger partial charge in [0.1, 0.15) is 22.3 Å². The molecule has 0 spiro atoms. The third kappa shape index (κ3) is 4.78. The largest absolute Gasteiger partial charge is 0.456 e. The van der Waals surface area contributed by atoms with Crippen molar-refractivity contribution < 1.29 is 8.83 Å². The monoisotopic (exact) mass is 715 g/mol. The lowest BCUT2D eigenvalue weighted by atomic mass is 9.97. The summed E-state index contributed by atoms with van der Waals surface area (Å²) in [5.41, 5.74) is 8.37. The number of para-hydroxylation sites is 2. The second-order valence-electron chi connectivity index (χ2n) is 14.4. The van der Waals surface area contributed by atoms with Gasteiger partial charge in [-0.2, -0.15) is 0 Å². The molecule has 5 heteroatoms. The first kappa shape index (κ1) is 30.8. The minimum absolute atomic E-state index is 0.593. The summed E-state index contributed by atoms with van der Waals surface area (Å²) in [6, 6.07) is 61.1. The molecule has 0 bridgehead atoms. The summed E-state index contributed by atoms with van der Waals surface area (Å²) in [6.45, 7) is 0. The van der Waals surface area contributed by atoms with Crippen LogP contribution in [0.5, 0.6) is 0 Å². The van der Waals surface area contributed by atoms with Gasteiger partial charge in [0, 0.05) is 38.2 Å². The highest BCUT2D eigenvalue weighted by atomic mass is 16.3. The van der Waals surface area contributed by atoms with Crippen LogP contribution in [0.1, 0.15) is 0 Å². The molecule has 0 amide bonds. The molecule has 0 aliphatic heterocycles. The Hall–Kier alpha value is -7.63. The molecule has 0 aliphatic rings. The maximum Gasteiger partial charge on any atom is 0.164 e. The van der Waals surface area contributed by atoms with Crippen molar-refractivity contribution in [2.45, 2.75) is 0 Å². The SMILES string of the molecule is c1ccc2c(c1)ccc1ccc(-c3nc(-c4ccc(-c5ccc6ccc7oc8ccccc8c7c6c5)cc4)nc(-c4cccc5oc6ccccc6c45)n3)cc12. The fourth-order valence-electron chi connectivity index (χ4n) is 8.39. The van der Waals surface area contributed by atoms with Crippen LogP contribution in [0.2, 0.25) is 0 Å². The van der Waals surface area contributed by atoms with Crippen molar-refractivity contribution >= 4 is 76.2 Å². The number of furan rings is 2. The van der Waals surface area contributed by atoms with E-state index in [9.17, 15) is 0 Å². The molecule has 12 aromatic rings. The van der Waals surface area contributed by atoms with E-state index in [1.165, 1.54) is 26.9 Å². The van der Waals surface area contributed by atoms with Gasteiger partial charge in [-0.05, 0) is 79.8 Å². The van der Waals surface area contributed by atoms with Gasteiger partial charge in [0.05, 0.1) is 0 Å². The van der Waals surface area contributed by atoms with Crippen LogP contribution in [0.25, 0.3) is 121 Å². The highest BCUT2D eigenvalue weighted by Crippen LogP contribution is 2.39. The molecule has 0 saturated carbocycles. The van der Waals surface area contributed by atoms with Crippen molar-refractivity contribution in [2.75, 3.05) is 0 Å². The van der Waals surface area contributed by atoms with Gasteiger partial charge in [0.15, 0.2) is 17.5 Å². The molecular weight excluding hydrogens is 687 g/mol. The summed E-state index contributed by atoms with van der Waals surface area (Å²) >= 11 is 0. The Morgan fingerprint density at radius 3 is 1.57 bits per heavy atom. The normalized spacial score (nSPS) is 11.9. The zero-order valence-electron chi connectivity index (χ0n) is 29.9. The molecule has 5 nitrogen and oxygen atoms in total. The zero-order chi connectivity index (χ0) is 36.7. The molecule has 0 N–H and O–H groups in total. The minimum atomic E-state index is 0.593. The Balaban J connectivity index is 1.02. The average molecular weight is 716 g/mol. The van der Waals surface area contributed by atoms with Crippen LogP contribution in [0.15, 0.2) is 185 Å². The fraction of sp³-hybridized carbons (Fsp3) is 0. The van der Waals surface area contributed by atoms with Gasteiger partial charge in [0.2, 0.25) is 0 Å². The number of aromatic nitrogens is 3. The van der Waals surface area contributed by atoms with Crippen molar-refractivity contribution in [3.8, 4) is 45.3 Å². The molecule has 9 aromatic carbocycles. The summed E-state index contributed by atoms with van der Waals surface area (Å²) in [4.78, 5) is 15.5. The van der Waals surface area contributed by atoms with Crippen LogP contribution in [0.4, 0.5) is 0 Å². The van der Waals surface area contributed by atoms with Crippen LogP contribution >= 0.6 is 0 Å². The van der Waals surface area contributed by atoms with Gasteiger partial charge in [-0.1, -0.05) is 140 Å². The lowest BCUT2D eigenvalue weighted by Crippen LogP contribution is -2.00. The molecule has 0 fully saturated rings. The van der Waals surface area contributed by atoms with Gasteiger partial charge >= 0.3 is 0 Å². The van der Waals surface area contributed by atoms with E-state index in [0.29, 0.717) is 17.5 Å². The Bertz CT molecular complexity index is 3540. The minimum Gasteiger partial charge on any atom is -0.456 e. The third-order valence-electron chi connectivity index (χ3n) is 11.1. The van der Waals surface area contributed by atoms with Crippen molar-refractivity contribution in [3.63, 3.8) is 0 Å². The predicted molar refractivity (Wildman–Crippen MR) is 229 cm³/mol. The number of benzene rings is 9. The molecule has 0 unspecified atom stereocenters. The first-order valence-electron chi connectivity index (χ1n) is 18.8. The van der Waals surface area contributed by atoms with Crippen LogP contribution in [-0.4, -0.2) is 15.0 Å². The van der Waals surface area contributed by atoms with E-state index in [4.69, 9.17) is 23.8 Å². The standard InChI is InChI=1S/C51H29N3O2/c1-2-9-37-31(8-1)18-19-32-21-25-36(29-41(32)37)50-52-49(53-51(54-50)40-12-7-15-45-47(40)38-10-3-5-13-43(38)55-45)34-22-16-30(17-23-34)35-24-20-33-26-27-46-48(42(33)28-35)39-11-4-6-14-44(39)56-46/h1-29H. The van der Waals surface area contributed by atoms with E-state index in [0.717, 1.165) is 77.1 Å². The maximum atomic E-state index is 6.28. The van der Waals surface area contributed by atoms with Crippen LogP contribution in [0, 0.1) is 0 Å². The molecule has 0 aliphatic carbocycles. The van der Waals surface area contributed by atoms with E-state index < -0.39 is 0 Å². The van der Waals surface area contributed by atoms with Crippen LogP contribution in [0.3, 0.4) is 0 Å². The third-order valence-corrected chi connectivity index (χ3v) is 11.1. The van der Waals surface area contributed by atoms with E-state index in [1.54, 1.807) is 0 Å². The van der Waals surface area contributed by atoms with E-state index in [-0.39, 0.29) is 0 Å². The van der Waals surface area contributed by atoms with Gasteiger partial charge < -0.3 is 8.83 Å². The Morgan fingerprint density at radius 1 is 0.286 bits per heavy atom. The first-order chi connectivity index (χ1) is 27.7. The Kier molecular flexibility index (Phi) is 6.56. The summed E-state index contributed by atoms with van der Waals surface area (Å²) in [5, 5.41) is 11.4. The fourth-order valence-corrected chi connectivity index (χ4v) is 8.39. The number of hydrogen-bond acceptors (Lipinski definition) is 5.